The molecule has 0 radical (unpaired) electrons. The zero-order valence-electron chi connectivity index (χ0n) is 18.3. The Morgan fingerprint density at radius 2 is 1.44 bits per heavy atom. The first-order chi connectivity index (χ1) is 15.8. The summed E-state index contributed by atoms with van der Waals surface area (Å²) in [7, 11) is 0. The second-order valence-electron chi connectivity index (χ2n) is 8.44. The molecule has 0 aromatic heterocycles. The molecule has 2 aliphatic rings. The fourth-order valence-corrected chi connectivity index (χ4v) is 4.47. The maximum Gasteiger partial charge on any atom is 0.251 e. The monoisotopic (exact) mass is 427 g/mol. The Kier molecular flexibility index (Phi) is 6.08. The standard InChI is InChI=1S/C27H29N3O2/c31-27(28-19-21-5-9-25(10-6-21)29-15-17-32-18-16-29)23-7-11-26(12-8-23)30-14-13-22-3-1-2-4-24(22)20-30/h1-12H,13-20H2,(H,28,31). The van der Waals surface area contributed by atoms with Gasteiger partial charge in [-0.3, -0.25) is 4.79 Å². The van der Waals surface area contributed by atoms with Gasteiger partial charge in [0.15, 0.2) is 0 Å². The smallest absolute Gasteiger partial charge is 0.251 e. The average Bonchev–Trinajstić information content (AvgIpc) is 2.88. The van der Waals surface area contributed by atoms with Gasteiger partial charge in [-0.05, 0) is 59.5 Å². The molecule has 1 N–H and O–H groups in total. The van der Waals surface area contributed by atoms with Crippen molar-refractivity contribution in [2.24, 2.45) is 0 Å². The van der Waals surface area contributed by atoms with Crippen LogP contribution >= 0.6 is 0 Å². The van der Waals surface area contributed by atoms with Crippen LogP contribution in [0.3, 0.4) is 0 Å². The maximum atomic E-state index is 12.6. The molecule has 5 heteroatoms. The van der Waals surface area contributed by atoms with Crippen LogP contribution in [0.5, 0.6) is 0 Å². The molecule has 0 aliphatic carbocycles. The van der Waals surface area contributed by atoms with Crippen LogP contribution in [0, 0.1) is 0 Å². The Bertz CT molecular complexity index is 1060. The van der Waals surface area contributed by atoms with E-state index in [1.807, 2.05) is 12.1 Å². The minimum atomic E-state index is -0.0437. The van der Waals surface area contributed by atoms with E-state index < -0.39 is 0 Å². The molecule has 0 atom stereocenters. The number of hydrogen-bond acceptors (Lipinski definition) is 4. The first-order valence-electron chi connectivity index (χ1n) is 11.4. The van der Waals surface area contributed by atoms with E-state index in [2.05, 4.69) is 75.8 Å². The molecule has 2 aliphatic heterocycles. The summed E-state index contributed by atoms with van der Waals surface area (Å²) in [4.78, 5) is 17.3. The second-order valence-corrected chi connectivity index (χ2v) is 8.44. The van der Waals surface area contributed by atoms with Gasteiger partial charge in [-0.2, -0.15) is 0 Å². The number of fused-ring (bicyclic) bond motifs is 1. The second kappa shape index (κ2) is 9.45. The summed E-state index contributed by atoms with van der Waals surface area (Å²) in [5, 5.41) is 3.04. The van der Waals surface area contributed by atoms with E-state index in [4.69, 9.17) is 4.74 Å². The minimum absolute atomic E-state index is 0.0437. The van der Waals surface area contributed by atoms with Gasteiger partial charge >= 0.3 is 0 Å². The van der Waals surface area contributed by atoms with E-state index in [1.165, 1.54) is 16.8 Å². The number of hydrogen-bond donors (Lipinski definition) is 1. The van der Waals surface area contributed by atoms with E-state index in [1.54, 1.807) is 0 Å². The van der Waals surface area contributed by atoms with Gasteiger partial charge in [-0.1, -0.05) is 36.4 Å². The van der Waals surface area contributed by atoms with Crippen molar-refractivity contribution in [3.8, 4) is 0 Å². The topological polar surface area (TPSA) is 44.8 Å². The molecular formula is C27H29N3O2. The highest BCUT2D eigenvalue weighted by atomic mass is 16.5. The van der Waals surface area contributed by atoms with Crippen molar-refractivity contribution in [3.63, 3.8) is 0 Å². The van der Waals surface area contributed by atoms with E-state index in [0.717, 1.165) is 57.1 Å². The van der Waals surface area contributed by atoms with Gasteiger partial charge in [0.1, 0.15) is 0 Å². The largest absolute Gasteiger partial charge is 0.378 e. The van der Waals surface area contributed by atoms with E-state index in [0.29, 0.717) is 12.1 Å². The van der Waals surface area contributed by atoms with Crippen LogP contribution in [-0.4, -0.2) is 38.8 Å². The molecule has 2 heterocycles. The van der Waals surface area contributed by atoms with Crippen molar-refractivity contribution in [1.29, 1.82) is 0 Å². The van der Waals surface area contributed by atoms with Crippen molar-refractivity contribution < 1.29 is 9.53 Å². The molecule has 0 spiro atoms. The number of ether oxygens (including phenoxy) is 1. The summed E-state index contributed by atoms with van der Waals surface area (Å²) in [5.41, 5.74) is 6.99. The van der Waals surface area contributed by atoms with Gasteiger partial charge in [0.2, 0.25) is 0 Å². The number of benzene rings is 3. The Hall–Kier alpha value is -3.31. The van der Waals surface area contributed by atoms with Crippen LogP contribution in [0.25, 0.3) is 0 Å². The van der Waals surface area contributed by atoms with E-state index in [9.17, 15) is 4.79 Å². The lowest BCUT2D eigenvalue weighted by Crippen LogP contribution is -2.36. The maximum absolute atomic E-state index is 12.6. The van der Waals surface area contributed by atoms with Crippen molar-refractivity contribution in [1.82, 2.24) is 5.32 Å². The molecule has 3 aromatic rings. The molecule has 5 nitrogen and oxygen atoms in total. The normalized spacial score (nSPS) is 15.9. The molecule has 32 heavy (non-hydrogen) atoms. The molecule has 164 valence electrons. The van der Waals surface area contributed by atoms with Gasteiger partial charge < -0.3 is 19.9 Å². The van der Waals surface area contributed by atoms with Crippen molar-refractivity contribution in [2.75, 3.05) is 42.6 Å². The lowest BCUT2D eigenvalue weighted by atomic mass is 9.99. The third kappa shape index (κ3) is 4.63. The Morgan fingerprint density at radius 1 is 0.781 bits per heavy atom. The lowest BCUT2D eigenvalue weighted by molar-refractivity contribution is 0.0951. The zero-order valence-corrected chi connectivity index (χ0v) is 18.3. The number of nitrogens with one attached hydrogen (secondary N) is 1. The fourth-order valence-electron chi connectivity index (χ4n) is 4.47. The molecule has 1 fully saturated rings. The van der Waals surface area contributed by atoms with Crippen LogP contribution in [0.1, 0.15) is 27.0 Å². The third-order valence-corrected chi connectivity index (χ3v) is 6.39. The first-order valence-corrected chi connectivity index (χ1v) is 11.4. The summed E-state index contributed by atoms with van der Waals surface area (Å²) < 4.78 is 5.42. The van der Waals surface area contributed by atoms with Gasteiger partial charge in [0.05, 0.1) is 13.2 Å². The summed E-state index contributed by atoms with van der Waals surface area (Å²) >= 11 is 0. The Balaban J connectivity index is 1.16. The van der Waals surface area contributed by atoms with Crippen LogP contribution in [0.2, 0.25) is 0 Å². The minimum Gasteiger partial charge on any atom is -0.378 e. The fraction of sp³-hybridized carbons (Fsp3) is 0.296. The number of anilines is 2. The summed E-state index contributed by atoms with van der Waals surface area (Å²) in [6, 6.07) is 25.0. The van der Waals surface area contributed by atoms with Crippen LogP contribution in [0.15, 0.2) is 72.8 Å². The highest BCUT2D eigenvalue weighted by Crippen LogP contribution is 2.24. The summed E-state index contributed by atoms with van der Waals surface area (Å²) in [6.45, 7) is 5.85. The molecule has 0 bridgehead atoms. The lowest BCUT2D eigenvalue weighted by Gasteiger charge is -2.30. The van der Waals surface area contributed by atoms with Gasteiger partial charge in [-0.15, -0.1) is 0 Å². The average molecular weight is 428 g/mol. The van der Waals surface area contributed by atoms with Crippen molar-refractivity contribution in [2.45, 2.75) is 19.5 Å². The molecule has 0 unspecified atom stereocenters. The van der Waals surface area contributed by atoms with Crippen molar-refractivity contribution in [3.05, 3.63) is 95.1 Å². The molecular weight excluding hydrogens is 398 g/mol. The highest BCUT2D eigenvalue weighted by Gasteiger charge is 2.16. The van der Waals surface area contributed by atoms with Crippen LogP contribution < -0.4 is 15.1 Å². The van der Waals surface area contributed by atoms with Gasteiger partial charge in [0.25, 0.3) is 5.91 Å². The Labute approximate surface area is 189 Å². The zero-order chi connectivity index (χ0) is 21.8. The van der Waals surface area contributed by atoms with Gasteiger partial charge in [0, 0.05) is 49.7 Å². The van der Waals surface area contributed by atoms with Crippen LogP contribution in [-0.2, 0) is 24.2 Å². The number of carbonyl (C=O) groups excluding carboxylic acids is 1. The SMILES string of the molecule is O=C(NCc1ccc(N2CCOCC2)cc1)c1ccc(N2CCc3ccccc3C2)cc1. The molecule has 1 amide bonds. The van der Waals surface area contributed by atoms with E-state index in [-0.39, 0.29) is 5.91 Å². The predicted octanol–water partition coefficient (Wildman–Crippen LogP) is 4.02. The number of morpholine rings is 1. The first kappa shape index (κ1) is 20.6. The predicted molar refractivity (Wildman–Crippen MR) is 128 cm³/mol. The van der Waals surface area contributed by atoms with E-state index >= 15 is 0 Å². The summed E-state index contributed by atoms with van der Waals surface area (Å²) in [6.07, 6.45) is 1.06. The van der Waals surface area contributed by atoms with Gasteiger partial charge in [-0.25, -0.2) is 0 Å². The van der Waals surface area contributed by atoms with Crippen molar-refractivity contribution >= 4 is 17.3 Å². The number of rotatable bonds is 5. The number of amides is 1. The van der Waals surface area contributed by atoms with Crippen LogP contribution in [0.4, 0.5) is 11.4 Å². The molecule has 1 saturated heterocycles. The number of nitrogens with zero attached hydrogens (tertiary/aromatic N) is 2. The highest BCUT2D eigenvalue weighted by molar-refractivity contribution is 5.94. The quantitative estimate of drug-likeness (QED) is 0.668. The molecule has 3 aromatic carbocycles. The Morgan fingerprint density at radius 3 is 2.19 bits per heavy atom. The molecule has 0 saturated carbocycles. The third-order valence-electron chi connectivity index (χ3n) is 6.39. The number of carbonyl (C=O) groups is 1. The molecule has 5 rings (SSSR count). The summed E-state index contributed by atoms with van der Waals surface area (Å²) in [5.74, 6) is -0.0437.